The Kier molecular flexibility index (Phi) is 44.2. The lowest BCUT2D eigenvalue weighted by Crippen LogP contribution is -2.58. The zero-order valence-electron chi connectivity index (χ0n) is 65.7. The number of hydrogen-bond donors (Lipinski definition) is 0. The van der Waals surface area contributed by atoms with Gasteiger partial charge in [-0.15, -0.1) is 12.8 Å². The zero-order chi connectivity index (χ0) is 82.5. The van der Waals surface area contributed by atoms with Crippen LogP contribution in [0.1, 0.15) is 96.9 Å². The predicted molar refractivity (Wildman–Crippen MR) is 366 cm³/mol. The maximum atomic E-state index is 13.2. The average molecular weight is 1560 g/mol. The Bertz CT molecular complexity index is 2810. The van der Waals surface area contributed by atoms with Crippen LogP contribution in [-0.4, -0.2) is 349 Å². The van der Waals surface area contributed by atoms with E-state index in [4.69, 9.17) is 108 Å². The molecule has 38 heteroatoms. The number of terminal acetylenes is 2. The third-order valence-electron chi connectivity index (χ3n) is 16.2. The fraction of sp³-hybridized carbons (Fsp3) is 0.771. The quantitative estimate of drug-likeness (QED) is 0.0283. The van der Waals surface area contributed by atoms with Crippen molar-refractivity contribution in [2.24, 2.45) is 0 Å². The highest BCUT2D eigenvalue weighted by Gasteiger charge is 2.52. The average Bonchev–Trinajstić information content (AvgIpc) is 0.827. The van der Waals surface area contributed by atoms with E-state index in [9.17, 15) is 66.3 Å². The number of halogens is 2. The van der Waals surface area contributed by atoms with Crippen LogP contribution >= 0.6 is 0 Å². The molecule has 4 saturated heterocycles. The Balaban J connectivity index is 0.000000720. The van der Waals surface area contributed by atoms with E-state index >= 15 is 0 Å². The molecule has 0 aromatic rings. The minimum atomic E-state index is -1.17. The molecule has 36 nitrogen and oxygen atoms in total. The van der Waals surface area contributed by atoms with Gasteiger partial charge in [0.1, 0.15) is 39.3 Å². The first kappa shape index (κ1) is 98.1. The zero-order valence-corrected chi connectivity index (χ0v) is 65.7. The lowest BCUT2D eigenvalue weighted by molar-refractivity contribution is -0.915. The molecule has 0 aliphatic carbocycles. The lowest BCUT2D eigenvalue weighted by atomic mass is 10.0. The van der Waals surface area contributed by atoms with Gasteiger partial charge in [0, 0.05) is 83.1 Å². The second-order valence-corrected chi connectivity index (χ2v) is 27.1. The molecule has 0 spiro atoms. The molecule has 0 aromatic carbocycles. The molecule has 616 valence electrons. The Morgan fingerprint density at radius 3 is 0.648 bits per heavy atom. The smallest absolute Gasteiger partial charge is 0.303 e. The topological polar surface area (TPSA) is 389 Å². The molecule has 0 radical (unpaired) electrons. The van der Waals surface area contributed by atoms with E-state index in [0.717, 1.165) is 35.1 Å². The van der Waals surface area contributed by atoms with Crippen molar-refractivity contribution in [3.05, 3.63) is 0 Å². The van der Waals surface area contributed by atoms with Crippen molar-refractivity contribution >= 4 is 71.6 Å². The van der Waals surface area contributed by atoms with Gasteiger partial charge in [-0.2, -0.15) is 8.78 Å². The Labute approximate surface area is 629 Å². The number of carbonyl (C=O) groups is 12. The second-order valence-electron chi connectivity index (χ2n) is 27.1. The van der Waals surface area contributed by atoms with Gasteiger partial charge in [-0.05, 0) is 25.7 Å². The highest BCUT2D eigenvalue weighted by atomic mass is 19.1. The van der Waals surface area contributed by atoms with Crippen LogP contribution in [0.5, 0.6) is 0 Å². The second kappa shape index (κ2) is 48.6. The van der Waals surface area contributed by atoms with Gasteiger partial charge in [0.2, 0.25) is 13.6 Å². The van der Waals surface area contributed by atoms with Crippen molar-refractivity contribution in [2.45, 2.75) is 195 Å². The van der Waals surface area contributed by atoms with Crippen LogP contribution in [0.15, 0.2) is 0 Å². The molecule has 4 aliphatic heterocycles. The first-order valence-corrected chi connectivity index (χ1v) is 34.6. The van der Waals surface area contributed by atoms with Gasteiger partial charge in [-0.25, -0.2) is 0 Å². The highest BCUT2D eigenvalue weighted by molar-refractivity contribution is 5.71. The molecule has 4 fully saturated rings. The van der Waals surface area contributed by atoms with Crippen LogP contribution < -0.4 is 0 Å². The molecule has 0 bridgehead atoms. The number of hydrogen-bond acceptors (Lipinski definition) is 32. The SMILES string of the molecule is C#CC[N+](C)(CF)CCOC1OC[C@H](OC(C)=O)[C@H](OC(C)=O)[C@H]1OC(C)=O.C#CC[N+](C)(CF)CCO[C@@H]1OC[C@@H](OC(C)=O)[C@H](OC(C)=O)[C@H]1OC(C)=O.CC[N+](C)(C)CCO[C@@H]1OC[C@H](OC(C)=O)[C@H](OC(C)=O)[C@H]1OC(C)=O.CC[N+](C)(C)CCO[C@H]1OC[C@@H](OC(C)=O)[C@H](OC(C)=O)[C@H]1OC(C)=O. The van der Waals surface area contributed by atoms with Crippen molar-refractivity contribution in [3.63, 3.8) is 0 Å². The lowest BCUT2D eigenvalue weighted by Gasteiger charge is -2.40. The van der Waals surface area contributed by atoms with Crippen LogP contribution in [0.3, 0.4) is 0 Å². The van der Waals surface area contributed by atoms with Crippen LogP contribution in [0.2, 0.25) is 0 Å². The maximum Gasteiger partial charge on any atom is 0.303 e. The summed E-state index contributed by atoms with van der Waals surface area (Å²) in [6.45, 7) is 21.7. The molecule has 108 heavy (non-hydrogen) atoms. The summed E-state index contributed by atoms with van der Waals surface area (Å²) >= 11 is 0. The fourth-order valence-corrected chi connectivity index (χ4v) is 10.1. The molecule has 0 N–H and O–H groups in total. The van der Waals surface area contributed by atoms with E-state index in [0.29, 0.717) is 13.2 Å². The van der Waals surface area contributed by atoms with E-state index < -0.39 is 184 Å². The number of quaternary nitrogens is 4. The largest absolute Gasteiger partial charge is 0.456 e. The molecule has 0 aromatic heterocycles. The molecular formula is C70H114F2N4O32+4. The first-order valence-electron chi connectivity index (χ1n) is 34.6. The minimum Gasteiger partial charge on any atom is -0.456 e. The van der Waals surface area contributed by atoms with E-state index in [1.54, 1.807) is 14.1 Å². The molecule has 4 rings (SSSR count). The normalized spacial score (nSPS) is 26.3. The highest BCUT2D eigenvalue weighted by Crippen LogP contribution is 2.30. The minimum absolute atomic E-state index is 0.0357. The molecule has 3 unspecified atom stereocenters. The van der Waals surface area contributed by atoms with Crippen LogP contribution in [0.25, 0.3) is 0 Å². The number of alkyl halides is 2. The van der Waals surface area contributed by atoms with Gasteiger partial charge < -0.3 is 104 Å². The fourth-order valence-electron chi connectivity index (χ4n) is 10.1. The Hall–Kier alpha value is -7.86. The van der Waals surface area contributed by atoms with E-state index in [-0.39, 0.29) is 74.8 Å². The van der Waals surface area contributed by atoms with Crippen molar-refractivity contribution in [1.29, 1.82) is 0 Å². The molecular weight excluding hydrogens is 1450 g/mol. The van der Waals surface area contributed by atoms with Crippen molar-refractivity contribution < 1.29 is 179 Å². The Morgan fingerprint density at radius 1 is 0.315 bits per heavy atom. The van der Waals surface area contributed by atoms with E-state index in [1.165, 1.54) is 83.1 Å². The van der Waals surface area contributed by atoms with Gasteiger partial charge in [0.15, 0.2) is 98.4 Å². The molecule has 18 atom stereocenters. The summed E-state index contributed by atoms with van der Waals surface area (Å²) in [7, 11) is 11.5. The monoisotopic (exact) mass is 1560 g/mol. The maximum absolute atomic E-state index is 13.2. The van der Waals surface area contributed by atoms with Gasteiger partial charge in [0.05, 0.1) is 108 Å². The molecule has 0 amide bonds. The van der Waals surface area contributed by atoms with Crippen molar-refractivity contribution in [3.8, 4) is 24.7 Å². The first-order chi connectivity index (χ1) is 50.3. The molecule has 4 heterocycles. The summed E-state index contributed by atoms with van der Waals surface area (Å²) in [4.78, 5) is 137. The third-order valence-corrected chi connectivity index (χ3v) is 16.2. The molecule has 0 saturated carbocycles. The van der Waals surface area contributed by atoms with Gasteiger partial charge in [-0.1, -0.05) is 0 Å². The number of esters is 12. The number of rotatable bonds is 34. The van der Waals surface area contributed by atoms with E-state index in [1.807, 2.05) is 0 Å². The van der Waals surface area contributed by atoms with Crippen LogP contribution in [-0.2, 0) is 152 Å². The predicted octanol–water partition coefficient (Wildman–Crippen LogP) is 0.824. The number of ether oxygens (including phenoxy) is 20. The summed E-state index contributed by atoms with van der Waals surface area (Å²) in [5, 5.41) is 0. The molecule has 4 aliphatic rings. The summed E-state index contributed by atoms with van der Waals surface area (Å²) in [6, 6.07) is 0. The van der Waals surface area contributed by atoms with Crippen molar-refractivity contribution in [1.82, 2.24) is 0 Å². The van der Waals surface area contributed by atoms with Crippen molar-refractivity contribution in [2.75, 3.05) is 161 Å². The van der Waals surface area contributed by atoms with E-state index in [2.05, 4.69) is 53.9 Å². The standard InChI is InChI=1S/2C18H27FNO8.2C17H30NO8/c2*1-6-7-20(5,11-19)8-9-24-18-17(28-14(4)23)16(27-13(3)22)15(10-25-18)26-12(2)21;2*1-7-18(5,6)8-9-22-17-16(26-13(4)21)15(25-12(3)20)14(10-23-17)24-11(2)19/h2*1,15-18H,7-11H2,2-5H3;2*14-17H,7-10H2,1-6H3/q4*+1/t15-,16+,17-,18-,20?;15-,16-,17+,18?,20?;14-,15+,16-,17+;14-,15-,16+,17+/m1010/s1. The summed E-state index contributed by atoms with van der Waals surface area (Å²) < 4.78 is 135. The number of carbonyl (C=O) groups excluding carboxylic acids is 12. The summed E-state index contributed by atoms with van der Waals surface area (Å²) in [5.41, 5.74) is 0. The summed E-state index contributed by atoms with van der Waals surface area (Å²) in [6.07, 6.45) is -5.90. The van der Waals surface area contributed by atoms with Crippen LogP contribution in [0, 0.1) is 24.7 Å². The summed E-state index contributed by atoms with van der Waals surface area (Å²) in [5.74, 6) is -2.53. The van der Waals surface area contributed by atoms with Crippen LogP contribution in [0.4, 0.5) is 8.78 Å². The number of likely N-dealkylation sites (N-methyl/N-ethyl adjacent to an activating group) is 4. The van der Waals surface area contributed by atoms with Gasteiger partial charge in [-0.3, -0.25) is 66.5 Å². The number of nitrogens with zero attached hydrogens (tertiary/aromatic N) is 4. The van der Waals surface area contributed by atoms with Gasteiger partial charge in [0.25, 0.3) is 0 Å². The van der Waals surface area contributed by atoms with Gasteiger partial charge >= 0.3 is 71.6 Å². The third kappa shape index (κ3) is 38.0. The Morgan fingerprint density at radius 2 is 0.491 bits per heavy atom.